The summed E-state index contributed by atoms with van der Waals surface area (Å²) in [5, 5.41) is 4.26. The quantitative estimate of drug-likeness (QED) is 0.750. The molecular weight excluding hydrogens is 338 g/mol. The van der Waals surface area contributed by atoms with Gasteiger partial charge in [-0.15, -0.1) is 0 Å². The van der Waals surface area contributed by atoms with Gasteiger partial charge >= 0.3 is 0 Å². The summed E-state index contributed by atoms with van der Waals surface area (Å²) >= 11 is 0. The van der Waals surface area contributed by atoms with Gasteiger partial charge in [0.25, 0.3) is 0 Å². The van der Waals surface area contributed by atoms with Crippen LogP contribution in [0.3, 0.4) is 0 Å². The molecule has 1 aromatic heterocycles. The maximum atomic E-state index is 12.4. The van der Waals surface area contributed by atoms with E-state index in [0.29, 0.717) is 13.0 Å². The highest BCUT2D eigenvalue weighted by atomic mass is 16.5. The summed E-state index contributed by atoms with van der Waals surface area (Å²) < 4.78 is 7.54. The Labute approximate surface area is 159 Å². The second-order valence-corrected chi connectivity index (χ2v) is 6.96. The number of anilines is 2. The number of rotatable bonds is 5. The van der Waals surface area contributed by atoms with E-state index in [9.17, 15) is 4.79 Å². The molecule has 5 nitrogen and oxygen atoms in total. The lowest BCUT2D eigenvalue weighted by molar-refractivity contribution is -0.116. The van der Waals surface area contributed by atoms with Crippen LogP contribution < -0.4 is 10.2 Å². The molecule has 0 unspecified atom stereocenters. The minimum atomic E-state index is 0.0370. The molecule has 1 saturated heterocycles. The van der Waals surface area contributed by atoms with E-state index in [-0.39, 0.29) is 5.91 Å². The number of hydrogen-bond acceptors (Lipinski definition) is 3. The molecule has 0 radical (unpaired) electrons. The molecule has 0 aliphatic carbocycles. The third-order valence-electron chi connectivity index (χ3n) is 5.12. The van der Waals surface area contributed by atoms with E-state index in [1.807, 2.05) is 31.3 Å². The van der Waals surface area contributed by atoms with E-state index < -0.39 is 0 Å². The highest BCUT2D eigenvalue weighted by molar-refractivity contribution is 5.92. The van der Waals surface area contributed by atoms with Gasteiger partial charge in [-0.2, -0.15) is 0 Å². The van der Waals surface area contributed by atoms with Gasteiger partial charge in [0.05, 0.1) is 13.2 Å². The number of carbonyl (C=O) groups is 1. The summed E-state index contributed by atoms with van der Waals surface area (Å²) in [6.07, 6.45) is 2.49. The number of amides is 1. The number of aromatic nitrogens is 1. The monoisotopic (exact) mass is 363 g/mol. The predicted molar refractivity (Wildman–Crippen MR) is 109 cm³/mol. The van der Waals surface area contributed by atoms with Gasteiger partial charge in [0.15, 0.2) is 0 Å². The van der Waals surface area contributed by atoms with Crippen LogP contribution in [-0.2, 0) is 16.1 Å². The average molecular weight is 363 g/mol. The number of aryl methyl sites for hydroxylation is 2. The molecular formula is C22H25N3O2. The standard InChI is InChI=1S/C22H25N3O2/c1-17-16-19(24-12-14-27-15-13-24)6-7-20(17)23-22(26)9-11-25-10-8-18-4-2-3-5-21(18)25/h2-8,10,16H,9,11-15H2,1H3,(H,23,26). The molecule has 27 heavy (non-hydrogen) atoms. The Morgan fingerprint density at radius 3 is 2.74 bits per heavy atom. The van der Waals surface area contributed by atoms with Gasteiger partial charge in [0, 0.05) is 49.1 Å². The van der Waals surface area contributed by atoms with Crippen molar-refractivity contribution in [1.29, 1.82) is 0 Å². The average Bonchev–Trinajstić information content (AvgIpc) is 3.12. The van der Waals surface area contributed by atoms with Crippen LogP contribution >= 0.6 is 0 Å². The van der Waals surface area contributed by atoms with Gasteiger partial charge in [-0.1, -0.05) is 18.2 Å². The molecule has 1 aliphatic heterocycles. The van der Waals surface area contributed by atoms with Gasteiger partial charge in [0.2, 0.25) is 5.91 Å². The zero-order valence-corrected chi connectivity index (χ0v) is 15.6. The topological polar surface area (TPSA) is 46.5 Å². The number of nitrogens with one attached hydrogen (secondary N) is 1. The molecule has 4 rings (SSSR count). The maximum Gasteiger partial charge on any atom is 0.226 e. The normalized spacial score (nSPS) is 14.5. The Kier molecular flexibility index (Phi) is 5.12. The summed E-state index contributed by atoms with van der Waals surface area (Å²) in [6, 6.07) is 16.5. The SMILES string of the molecule is Cc1cc(N2CCOCC2)ccc1NC(=O)CCn1ccc2ccccc21. The number of ether oxygens (including phenoxy) is 1. The van der Waals surface area contributed by atoms with E-state index in [1.165, 1.54) is 11.1 Å². The Morgan fingerprint density at radius 1 is 1.11 bits per heavy atom. The van der Waals surface area contributed by atoms with Crippen molar-refractivity contribution < 1.29 is 9.53 Å². The molecule has 1 fully saturated rings. The molecule has 0 bridgehead atoms. The molecule has 5 heteroatoms. The predicted octanol–water partition coefficient (Wildman–Crippen LogP) is 3.82. The highest BCUT2D eigenvalue weighted by Crippen LogP contribution is 2.24. The summed E-state index contributed by atoms with van der Waals surface area (Å²) in [5.74, 6) is 0.0370. The van der Waals surface area contributed by atoms with Gasteiger partial charge in [0.1, 0.15) is 0 Å². The lowest BCUT2D eigenvalue weighted by Gasteiger charge is -2.29. The fraction of sp³-hybridized carbons (Fsp3) is 0.318. The summed E-state index contributed by atoms with van der Waals surface area (Å²) in [4.78, 5) is 14.7. The summed E-state index contributed by atoms with van der Waals surface area (Å²) in [7, 11) is 0. The number of hydrogen-bond donors (Lipinski definition) is 1. The summed E-state index contributed by atoms with van der Waals surface area (Å²) in [6.45, 7) is 6.08. The molecule has 2 aromatic carbocycles. The molecule has 0 atom stereocenters. The van der Waals surface area contributed by atoms with Crippen LogP contribution in [-0.4, -0.2) is 36.8 Å². The van der Waals surface area contributed by atoms with Crippen LogP contribution in [0.15, 0.2) is 54.7 Å². The molecule has 0 spiro atoms. The van der Waals surface area contributed by atoms with Gasteiger partial charge in [-0.25, -0.2) is 0 Å². The van der Waals surface area contributed by atoms with E-state index in [4.69, 9.17) is 4.74 Å². The fourth-order valence-corrected chi connectivity index (χ4v) is 3.58. The number of fused-ring (bicyclic) bond motifs is 1. The van der Waals surface area contributed by atoms with E-state index in [0.717, 1.165) is 43.1 Å². The van der Waals surface area contributed by atoms with Crippen molar-refractivity contribution in [3.05, 3.63) is 60.3 Å². The number of morpholine rings is 1. The zero-order chi connectivity index (χ0) is 18.6. The number of nitrogens with zero attached hydrogens (tertiary/aromatic N) is 2. The molecule has 3 aromatic rings. The van der Waals surface area contributed by atoms with Gasteiger partial charge < -0.3 is 19.5 Å². The first-order valence-electron chi connectivity index (χ1n) is 9.48. The van der Waals surface area contributed by atoms with E-state index >= 15 is 0 Å². The lowest BCUT2D eigenvalue weighted by Crippen LogP contribution is -2.36. The van der Waals surface area contributed by atoms with Gasteiger partial charge in [-0.3, -0.25) is 4.79 Å². The Hall–Kier alpha value is -2.79. The van der Waals surface area contributed by atoms with Crippen molar-refractivity contribution in [1.82, 2.24) is 4.57 Å². The highest BCUT2D eigenvalue weighted by Gasteiger charge is 2.13. The number of benzene rings is 2. The second kappa shape index (κ2) is 7.84. The first-order valence-corrected chi connectivity index (χ1v) is 9.48. The summed E-state index contributed by atoms with van der Waals surface area (Å²) in [5.41, 5.74) is 4.32. The van der Waals surface area contributed by atoms with Crippen molar-refractivity contribution >= 4 is 28.2 Å². The Balaban J connectivity index is 1.37. The molecule has 1 amide bonds. The number of para-hydroxylation sites is 1. The van der Waals surface area contributed by atoms with Crippen LogP contribution in [0.4, 0.5) is 11.4 Å². The molecule has 1 N–H and O–H groups in total. The van der Waals surface area contributed by atoms with Crippen LogP contribution in [0, 0.1) is 6.92 Å². The van der Waals surface area contributed by atoms with Crippen molar-refractivity contribution in [3.63, 3.8) is 0 Å². The third-order valence-corrected chi connectivity index (χ3v) is 5.12. The smallest absolute Gasteiger partial charge is 0.226 e. The fourth-order valence-electron chi connectivity index (χ4n) is 3.58. The minimum Gasteiger partial charge on any atom is -0.378 e. The van der Waals surface area contributed by atoms with Crippen molar-refractivity contribution in [2.45, 2.75) is 19.9 Å². The Morgan fingerprint density at radius 2 is 1.93 bits per heavy atom. The first kappa shape index (κ1) is 17.6. The first-order chi connectivity index (χ1) is 13.2. The van der Waals surface area contributed by atoms with Gasteiger partial charge in [-0.05, 0) is 48.2 Å². The van der Waals surface area contributed by atoms with Crippen molar-refractivity contribution in [2.24, 2.45) is 0 Å². The van der Waals surface area contributed by atoms with Crippen LogP contribution in [0.2, 0.25) is 0 Å². The van der Waals surface area contributed by atoms with E-state index in [2.05, 4.69) is 45.1 Å². The van der Waals surface area contributed by atoms with E-state index in [1.54, 1.807) is 0 Å². The van der Waals surface area contributed by atoms with Crippen molar-refractivity contribution in [3.8, 4) is 0 Å². The second-order valence-electron chi connectivity index (χ2n) is 6.96. The molecule has 0 saturated carbocycles. The van der Waals surface area contributed by atoms with Crippen LogP contribution in [0.5, 0.6) is 0 Å². The molecule has 1 aliphatic rings. The minimum absolute atomic E-state index is 0.0370. The zero-order valence-electron chi connectivity index (χ0n) is 15.6. The lowest BCUT2D eigenvalue weighted by atomic mass is 10.1. The van der Waals surface area contributed by atoms with Crippen LogP contribution in [0.25, 0.3) is 10.9 Å². The molecule has 2 heterocycles. The largest absolute Gasteiger partial charge is 0.378 e. The molecule has 140 valence electrons. The van der Waals surface area contributed by atoms with Crippen molar-refractivity contribution in [2.75, 3.05) is 36.5 Å². The Bertz CT molecular complexity index is 942. The van der Waals surface area contributed by atoms with Crippen LogP contribution in [0.1, 0.15) is 12.0 Å². The maximum absolute atomic E-state index is 12.4. The number of carbonyl (C=O) groups excluding carboxylic acids is 1. The third kappa shape index (κ3) is 3.98.